The van der Waals surface area contributed by atoms with Crippen molar-refractivity contribution in [2.24, 2.45) is 0 Å². The fourth-order valence-electron chi connectivity index (χ4n) is 2.09. The first-order valence-corrected chi connectivity index (χ1v) is 7.06. The van der Waals surface area contributed by atoms with Gasteiger partial charge in [-0.15, -0.1) is 0 Å². The van der Waals surface area contributed by atoms with E-state index in [9.17, 15) is 4.79 Å². The molecule has 0 radical (unpaired) electrons. The molecule has 0 atom stereocenters. The van der Waals surface area contributed by atoms with E-state index in [4.69, 9.17) is 9.47 Å². The largest absolute Gasteiger partial charge is 0.486 e. The van der Waals surface area contributed by atoms with Crippen LogP contribution in [0.15, 0.2) is 48.8 Å². The number of benzene rings is 1. The van der Waals surface area contributed by atoms with Crippen molar-refractivity contribution >= 4 is 12.0 Å². The zero-order valence-electron chi connectivity index (χ0n) is 12.0. The lowest BCUT2D eigenvalue weighted by atomic mass is 10.2. The predicted octanol–water partition coefficient (Wildman–Crippen LogP) is 2.18. The maximum absolute atomic E-state index is 11.8. The first-order valence-electron chi connectivity index (χ1n) is 7.06. The summed E-state index contributed by atoms with van der Waals surface area (Å²) in [7, 11) is 0. The third kappa shape index (κ3) is 3.63. The lowest BCUT2D eigenvalue weighted by Gasteiger charge is -2.18. The summed E-state index contributed by atoms with van der Waals surface area (Å²) in [6.45, 7) is 1.56. The van der Waals surface area contributed by atoms with E-state index in [1.807, 2.05) is 30.3 Å². The number of carbonyl (C=O) groups is 1. The van der Waals surface area contributed by atoms with Gasteiger partial charge in [0.25, 0.3) is 0 Å². The first-order chi connectivity index (χ1) is 10.8. The second kappa shape index (κ2) is 6.76. The van der Waals surface area contributed by atoms with E-state index < -0.39 is 0 Å². The number of pyridine rings is 1. The lowest BCUT2D eigenvalue weighted by Crippen LogP contribution is -2.20. The first kappa shape index (κ1) is 14.1. The number of ether oxygens (including phenoxy) is 2. The molecule has 2 aromatic rings. The number of aromatic nitrogens is 1. The second-order valence-corrected chi connectivity index (χ2v) is 4.82. The second-order valence-electron chi connectivity index (χ2n) is 4.82. The Balaban J connectivity index is 1.56. The van der Waals surface area contributed by atoms with Gasteiger partial charge in [-0.2, -0.15) is 0 Å². The molecule has 0 bridgehead atoms. The third-order valence-corrected chi connectivity index (χ3v) is 3.18. The number of nitrogens with one attached hydrogen (secondary N) is 1. The normalized spacial score (nSPS) is 13.1. The quantitative estimate of drug-likeness (QED) is 0.879. The van der Waals surface area contributed by atoms with E-state index in [-0.39, 0.29) is 5.91 Å². The highest BCUT2D eigenvalue weighted by Crippen LogP contribution is 2.30. The molecule has 3 rings (SSSR count). The third-order valence-electron chi connectivity index (χ3n) is 3.18. The molecule has 1 aliphatic heterocycles. The molecule has 1 aromatic carbocycles. The van der Waals surface area contributed by atoms with Gasteiger partial charge in [-0.1, -0.05) is 12.1 Å². The monoisotopic (exact) mass is 296 g/mol. The molecule has 0 saturated heterocycles. The molecule has 112 valence electrons. The molecule has 0 saturated carbocycles. The van der Waals surface area contributed by atoms with Crippen LogP contribution in [0.25, 0.3) is 6.08 Å². The average molecular weight is 296 g/mol. The van der Waals surface area contributed by atoms with Gasteiger partial charge in [0.15, 0.2) is 11.5 Å². The molecule has 1 N–H and O–H groups in total. The molecule has 5 heteroatoms. The summed E-state index contributed by atoms with van der Waals surface area (Å²) in [4.78, 5) is 15.8. The van der Waals surface area contributed by atoms with Gasteiger partial charge >= 0.3 is 0 Å². The highest BCUT2D eigenvalue weighted by atomic mass is 16.6. The van der Waals surface area contributed by atoms with E-state index in [1.54, 1.807) is 18.5 Å². The summed E-state index contributed by atoms with van der Waals surface area (Å²) in [5.41, 5.74) is 1.85. The van der Waals surface area contributed by atoms with Gasteiger partial charge in [0, 0.05) is 25.0 Å². The molecule has 5 nitrogen and oxygen atoms in total. The van der Waals surface area contributed by atoms with Crippen molar-refractivity contribution < 1.29 is 14.3 Å². The van der Waals surface area contributed by atoms with Crippen molar-refractivity contribution in [2.45, 2.75) is 6.54 Å². The number of hydrogen-bond acceptors (Lipinski definition) is 4. The fraction of sp³-hybridized carbons (Fsp3) is 0.176. The summed E-state index contributed by atoms with van der Waals surface area (Å²) in [5.74, 6) is 1.32. The molecule has 0 fully saturated rings. The number of rotatable bonds is 4. The minimum absolute atomic E-state index is 0.154. The highest BCUT2D eigenvalue weighted by Gasteiger charge is 2.11. The Kier molecular flexibility index (Phi) is 4.34. The Hall–Kier alpha value is -2.82. The fourth-order valence-corrected chi connectivity index (χ4v) is 2.09. The van der Waals surface area contributed by atoms with Crippen molar-refractivity contribution in [1.29, 1.82) is 0 Å². The van der Waals surface area contributed by atoms with Gasteiger partial charge in [0.1, 0.15) is 13.2 Å². The van der Waals surface area contributed by atoms with E-state index >= 15 is 0 Å². The minimum Gasteiger partial charge on any atom is -0.486 e. The molecular formula is C17H16N2O3. The number of hydrogen-bond donors (Lipinski definition) is 1. The summed E-state index contributed by atoms with van der Waals surface area (Å²) in [6.07, 6.45) is 6.62. The van der Waals surface area contributed by atoms with Crippen molar-refractivity contribution in [3.8, 4) is 11.5 Å². The molecule has 1 amide bonds. The van der Waals surface area contributed by atoms with Crippen LogP contribution in [0.4, 0.5) is 0 Å². The van der Waals surface area contributed by atoms with Crippen LogP contribution in [0, 0.1) is 0 Å². The summed E-state index contributed by atoms with van der Waals surface area (Å²) in [5, 5.41) is 2.83. The molecule has 0 unspecified atom stereocenters. The SMILES string of the molecule is O=C(/C=C/c1cccnc1)NCc1ccc2c(c1)OCCO2. The number of fused-ring (bicyclic) bond motifs is 1. The van der Waals surface area contributed by atoms with E-state index in [0.29, 0.717) is 19.8 Å². The maximum atomic E-state index is 11.8. The van der Waals surface area contributed by atoms with Gasteiger partial charge in [0.2, 0.25) is 5.91 Å². The van der Waals surface area contributed by atoms with Gasteiger partial charge in [0.05, 0.1) is 0 Å². The Bertz CT molecular complexity index is 684. The van der Waals surface area contributed by atoms with Gasteiger partial charge in [-0.25, -0.2) is 0 Å². The molecule has 2 heterocycles. The van der Waals surface area contributed by atoms with E-state index in [0.717, 1.165) is 22.6 Å². The summed E-state index contributed by atoms with van der Waals surface area (Å²) in [6, 6.07) is 9.38. The minimum atomic E-state index is -0.154. The zero-order valence-corrected chi connectivity index (χ0v) is 12.0. The van der Waals surface area contributed by atoms with Crippen LogP contribution in [-0.4, -0.2) is 24.1 Å². The van der Waals surface area contributed by atoms with Crippen LogP contribution < -0.4 is 14.8 Å². The Morgan fingerprint density at radius 3 is 2.91 bits per heavy atom. The van der Waals surface area contributed by atoms with Gasteiger partial charge in [-0.05, 0) is 35.4 Å². The van der Waals surface area contributed by atoms with Crippen molar-refractivity contribution in [3.05, 3.63) is 59.9 Å². The Labute approximate surface area is 128 Å². The number of amides is 1. The summed E-state index contributed by atoms with van der Waals surface area (Å²) < 4.78 is 11.0. The molecule has 0 aliphatic carbocycles. The molecule has 1 aromatic heterocycles. The van der Waals surface area contributed by atoms with E-state index in [1.165, 1.54) is 6.08 Å². The number of carbonyl (C=O) groups excluding carboxylic acids is 1. The van der Waals surface area contributed by atoms with Crippen molar-refractivity contribution in [2.75, 3.05) is 13.2 Å². The summed E-state index contributed by atoms with van der Waals surface area (Å²) >= 11 is 0. The van der Waals surface area contributed by atoms with Gasteiger partial charge in [-0.3, -0.25) is 9.78 Å². The van der Waals surface area contributed by atoms with Gasteiger partial charge < -0.3 is 14.8 Å². The van der Waals surface area contributed by atoms with E-state index in [2.05, 4.69) is 10.3 Å². The topological polar surface area (TPSA) is 60.5 Å². The predicted molar refractivity (Wildman–Crippen MR) is 82.5 cm³/mol. The maximum Gasteiger partial charge on any atom is 0.244 e. The zero-order chi connectivity index (χ0) is 15.2. The van der Waals surface area contributed by atoms with Crippen molar-refractivity contribution in [1.82, 2.24) is 10.3 Å². The molecule has 0 spiro atoms. The smallest absolute Gasteiger partial charge is 0.244 e. The van der Waals surface area contributed by atoms with Crippen LogP contribution in [0.3, 0.4) is 0 Å². The Morgan fingerprint density at radius 1 is 1.23 bits per heavy atom. The molecule has 1 aliphatic rings. The lowest BCUT2D eigenvalue weighted by molar-refractivity contribution is -0.116. The highest BCUT2D eigenvalue weighted by molar-refractivity contribution is 5.91. The standard InChI is InChI=1S/C17H16N2O3/c20-17(6-4-13-2-1-7-18-11-13)19-12-14-3-5-15-16(10-14)22-9-8-21-15/h1-7,10-11H,8-9,12H2,(H,19,20)/b6-4+. The number of nitrogens with zero attached hydrogens (tertiary/aromatic N) is 1. The van der Waals surface area contributed by atoms with Crippen LogP contribution in [0.1, 0.15) is 11.1 Å². The Morgan fingerprint density at radius 2 is 2.09 bits per heavy atom. The van der Waals surface area contributed by atoms with Crippen molar-refractivity contribution in [3.63, 3.8) is 0 Å². The van der Waals surface area contributed by atoms with Crippen LogP contribution in [0.2, 0.25) is 0 Å². The van der Waals surface area contributed by atoms with Crippen LogP contribution in [-0.2, 0) is 11.3 Å². The van der Waals surface area contributed by atoms with Crippen LogP contribution in [0.5, 0.6) is 11.5 Å². The average Bonchev–Trinajstić information content (AvgIpc) is 2.59. The molecular weight excluding hydrogens is 280 g/mol. The molecule has 22 heavy (non-hydrogen) atoms. The van der Waals surface area contributed by atoms with Crippen LogP contribution >= 0.6 is 0 Å².